The van der Waals surface area contributed by atoms with Gasteiger partial charge in [-0.15, -0.1) is 0 Å². The molecule has 0 atom stereocenters. The highest BCUT2D eigenvalue weighted by Crippen LogP contribution is 2.25. The molecule has 0 fully saturated rings. The fourth-order valence-corrected chi connectivity index (χ4v) is 1.29. The van der Waals surface area contributed by atoms with Crippen molar-refractivity contribution in [2.45, 2.75) is 6.11 Å². The van der Waals surface area contributed by atoms with Crippen LogP contribution < -0.4 is 4.74 Å². The molecule has 0 saturated carbocycles. The van der Waals surface area contributed by atoms with Gasteiger partial charge in [0.15, 0.2) is 0 Å². The molecular weight excluding hydrogens is 200 g/mol. The second-order valence-corrected chi connectivity index (χ2v) is 3.09. The third-order valence-electron chi connectivity index (χ3n) is 2.02. The summed E-state index contributed by atoms with van der Waals surface area (Å²) in [5.41, 5.74) is 0.757. The van der Waals surface area contributed by atoms with Crippen molar-refractivity contribution < 1.29 is 13.5 Å². The smallest absolute Gasteiger partial charge is 0.419 e. The number of rotatable bonds is 3. The maximum absolute atomic E-state index is 12.8. The lowest BCUT2D eigenvalue weighted by Gasteiger charge is -2.13. The molecule has 0 aliphatic rings. The van der Waals surface area contributed by atoms with Gasteiger partial charge in [-0.05, 0) is 23.6 Å². The highest BCUT2D eigenvalue weighted by molar-refractivity contribution is 5.80. The molecule has 0 amide bonds. The third-order valence-corrected chi connectivity index (χ3v) is 2.02. The summed E-state index contributed by atoms with van der Waals surface area (Å²) >= 11 is 0. The van der Waals surface area contributed by atoms with E-state index >= 15 is 0 Å². The van der Waals surface area contributed by atoms with E-state index in [0.717, 1.165) is 10.9 Å². The van der Waals surface area contributed by atoms with Crippen molar-refractivity contribution in [3.05, 3.63) is 43.1 Å². The van der Waals surface area contributed by atoms with E-state index in [2.05, 4.69) is 16.3 Å². The van der Waals surface area contributed by atoms with Gasteiger partial charge in [-0.3, -0.25) is 0 Å². The Kier molecular flexibility index (Phi) is 2.19. The number of H-pyrrole nitrogens is 1. The summed E-state index contributed by atoms with van der Waals surface area (Å²) in [6, 6.07) is 6.57. The van der Waals surface area contributed by atoms with Crippen LogP contribution in [0.1, 0.15) is 0 Å². The summed E-state index contributed by atoms with van der Waals surface area (Å²) in [5, 5.41) is 0.948. The summed E-state index contributed by atoms with van der Waals surface area (Å²) in [7, 11) is 0. The van der Waals surface area contributed by atoms with Crippen LogP contribution >= 0.6 is 0 Å². The van der Waals surface area contributed by atoms with Crippen molar-refractivity contribution in [1.29, 1.82) is 0 Å². The number of halogens is 2. The maximum Gasteiger partial charge on any atom is 0.419 e. The number of alkyl halides is 2. The van der Waals surface area contributed by atoms with E-state index in [1.807, 2.05) is 6.07 Å². The molecule has 0 spiro atoms. The van der Waals surface area contributed by atoms with Crippen LogP contribution in [0.5, 0.6) is 5.75 Å². The SMILES string of the molecule is C=CC(F)(F)Oc1ccc2cc[nH]c2c1. The van der Waals surface area contributed by atoms with Crippen LogP contribution in [-0.4, -0.2) is 11.1 Å². The van der Waals surface area contributed by atoms with Crippen molar-refractivity contribution in [3.63, 3.8) is 0 Å². The largest absolute Gasteiger partial charge is 0.429 e. The number of nitrogens with one attached hydrogen (secondary N) is 1. The Labute approximate surface area is 85.2 Å². The topological polar surface area (TPSA) is 25.0 Å². The van der Waals surface area contributed by atoms with Crippen molar-refractivity contribution in [2.24, 2.45) is 0 Å². The minimum atomic E-state index is -3.33. The Balaban J connectivity index is 2.32. The number of hydrogen-bond donors (Lipinski definition) is 1. The zero-order valence-corrected chi connectivity index (χ0v) is 7.84. The molecule has 1 N–H and O–H groups in total. The maximum atomic E-state index is 12.8. The molecule has 0 aliphatic carbocycles. The number of fused-ring (bicyclic) bond motifs is 1. The average molecular weight is 209 g/mol. The standard InChI is InChI=1S/C11H9F2NO/c1-2-11(12,13)15-9-4-3-8-5-6-14-10(8)7-9/h2-7,14H,1H2. The number of hydrogen-bond acceptors (Lipinski definition) is 1. The van der Waals surface area contributed by atoms with Crippen molar-refractivity contribution >= 4 is 10.9 Å². The van der Waals surface area contributed by atoms with Crippen LogP contribution in [0.2, 0.25) is 0 Å². The van der Waals surface area contributed by atoms with Gasteiger partial charge >= 0.3 is 6.11 Å². The molecule has 1 aromatic heterocycles. The monoisotopic (exact) mass is 209 g/mol. The molecule has 2 rings (SSSR count). The normalized spacial score (nSPS) is 11.6. The van der Waals surface area contributed by atoms with Gasteiger partial charge in [0.05, 0.1) is 0 Å². The molecule has 0 unspecified atom stereocenters. The number of ether oxygens (including phenoxy) is 1. The molecule has 15 heavy (non-hydrogen) atoms. The molecule has 2 nitrogen and oxygen atoms in total. The molecule has 1 heterocycles. The van der Waals surface area contributed by atoms with E-state index in [9.17, 15) is 8.78 Å². The van der Waals surface area contributed by atoms with Crippen molar-refractivity contribution in [3.8, 4) is 5.75 Å². The molecule has 78 valence electrons. The first-order valence-electron chi connectivity index (χ1n) is 4.38. The fraction of sp³-hybridized carbons (Fsp3) is 0.0909. The molecule has 0 bridgehead atoms. The second kappa shape index (κ2) is 3.38. The van der Waals surface area contributed by atoms with E-state index in [0.29, 0.717) is 6.08 Å². The number of aromatic amines is 1. The van der Waals surface area contributed by atoms with E-state index in [1.165, 1.54) is 12.1 Å². The van der Waals surface area contributed by atoms with Gasteiger partial charge in [0.1, 0.15) is 5.75 Å². The van der Waals surface area contributed by atoms with E-state index in [4.69, 9.17) is 0 Å². The van der Waals surface area contributed by atoms with Gasteiger partial charge in [0.2, 0.25) is 0 Å². The minimum Gasteiger partial charge on any atom is -0.429 e. The molecule has 0 saturated heterocycles. The van der Waals surface area contributed by atoms with Crippen LogP contribution in [0.3, 0.4) is 0 Å². The first-order valence-corrected chi connectivity index (χ1v) is 4.38. The molecular formula is C11H9F2NO. The van der Waals surface area contributed by atoms with Gasteiger partial charge in [-0.2, -0.15) is 8.78 Å². The van der Waals surface area contributed by atoms with Gasteiger partial charge in [-0.1, -0.05) is 6.58 Å². The number of aromatic nitrogens is 1. The minimum absolute atomic E-state index is 0.106. The Hall–Kier alpha value is -1.84. The molecule has 1 aromatic carbocycles. The molecule has 2 aromatic rings. The lowest BCUT2D eigenvalue weighted by Crippen LogP contribution is -2.20. The van der Waals surface area contributed by atoms with Crippen LogP contribution in [0.25, 0.3) is 10.9 Å². The van der Waals surface area contributed by atoms with Crippen LogP contribution in [0.15, 0.2) is 43.1 Å². The lowest BCUT2D eigenvalue weighted by atomic mass is 10.2. The van der Waals surface area contributed by atoms with E-state index in [1.54, 1.807) is 12.3 Å². The van der Waals surface area contributed by atoms with Gasteiger partial charge in [0, 0.05) is 23.9 Å². The lowest BCUT2D eigenvalue weighted by molar-refractivity contribution is -0.131. The van der Waals surface area contributed by atoms with Gasteiger partial charge in [-0.25, -0.2) is 0 Å². The van der Waals surface area contributed by atoms with E-state index in [-0.39, 0.29) is 5.75 Å². The number of benzene rings is 1. The predicted molar refractivity (Wildman–Crippen MR) is 54.1 cm³/mol. The van der Waals surface area contributed by atoms with E-state index < -0.39 is 6.11 Å². The fourth-order valence-electron chi connectivity index (χ4n) is 1.29. The quantitative estimate of drug-likeness (QED) is 0.770. The first kappa shape index (κ1) is 9.71. The highest BCUT2D eigenvalue weighted by Gasteiger charge is 2.26. The Bertz CT molecular complexity index is 490. The molecule has 4 heteroatoms. The van der Waals surface area contributed by atoms with Crippen molar-refractivity contribution in [2.75, 3.05) is 0 Å². The summed E-state index contributed by atoms with van der Waals surface area (Å²) in [6.07, 6.45) is -1.13. The zero-order valence-electron chi connectivity index (χ0n) is 7.84. The molecule has 0 aliphatic heterocycles. The predicted octanol–water partition coefficient (Wildman–Crippen LogP) is 3.33. The summed E-state index contributed by atoms with van der Waals surface area (Å²) < 4.78 is 30.1. The highest BCUT2D eigenvalue weighted by atomic mass is 19.3. The van der Waals surface area contributed by atoms with Gasteiger partial charge < -0.3 is 9.72 Å². The van der Waals surface area contributed by atoms with Crippen molar-refractivity contribution in [1.82, 2.24) is 4.98 Å². The third kappa shape index (κ3) is 1.98. The summed E-state index contributed by atoms with van der Waals surface area (Å²) in [5.74, 6) is 0.106. The molecule has 0 radical (unpaired) electrons. The Morgan fingerprint density at radius 3 is 2.87 bits per heavy atom. The van der Waals surface area contributed by atoms with Gasteiger partial charge in [0.25, 0.3) is 0 Å². The Morgan fingerprint density at radius 1 is 1.33 bits per heavy atom. The zero-order chi connectivity index (χ0) is 10.9. The summed E-state index contributed by atoms with van der Waals surface area (Å²) in [6.45, 7) is 3.00. The van der Waals surface area contributed by atoms with Crippen LogP contribution in [0, 0.1) is 0 Å². The first-order chi connectivity index (χ1) is 7.11. The van der Waals surface area contributed by atoms with Crippen LogP contribution in [0.4, 0.5) is 8.78 Å². The summed E-state index contributed by atoms with van der Waals surface area (Å²) in [4.78, 5) is 2.91. The van der Waals surface area contributed by atoms with Crippen LogP contribution in [-0.2, 0) is 0 Å². The average Bonchev–Trinajstić information content (AvgIpc) is 2.64. The Morgan fingerprint density at radius 2 is 2.13 bits per heavy atom. The second-order valence-electron chi connectivity index (χ2n) is 3.09.